The van der Waals surface area contributed by atoms with Crippen molar-refractivity contribution < 1.29 is 29.1 Å². The maximum atomic E-state index is 13.0. The molecule has 2 aliphatic rings. The van der Waals surface area contributed by atoms with E-state index in [0.29, 0.717) is 41.8 Å². The van der Waals surface area contributed by atoms with E-state index in [4.69, 9.17) is 9.47 Å². The number of benzene rings is 1. The van der Waals surface area contributed by atoms with E-state index in [0.717, 1.165) is 0 Å². The minimum atomic E-state index is -0.867. The van der Waals surface area contributed by atoms with Crippen molar-refractivity contribution in [3.8, 4) is 11.5 Å². The number of nitrogens with zero attached hydrogens (tertiary/aromatic N) is 1. The Balaban J connectivity index is 2.27. The van der Waals surface area contributed by atoms with E-state index in [9.17, 15) is 24.8 Å². The van der Waals surface area contributed by atoms with Crippen LogP contribution in [0.25, 0.3) is 0 Å². The normalized spacial score (nSPS) is 18.6. The zero-order valence-corrected chi connectivity index (χ0v) is 18.0. The SMILES string of the molecule is CCOc1cc([C@@H]2C(C(=O)OC(C)C)=C(C)NC3=C2C(=O)CCC3)cc([N+](=O)[O-])c1O. The van der Waals surface area contributed by atoms with Crippen molar-refractivity contribution >= 4 is 17.4 Å². The Kier molecular flexibility index (Phi) is 6.33. The molecule has 0 amide bonds. The fourth-order valence-corrected chi connectivity index (χ4v) is 4.05. The first-order chi connectivity index (χ1) is 14.6. The van der Waals surface area contributed by atoms with Crippen molar-refractivity contribution in [3.63, 3.8) is 0 Å². The van der Waals surface area contributed by atoms with Gasteiger partial charge < -0.3 is 19.9 Å². The molecule has 9 heteroatoms. The number of allylic oxidation sites excluding steroid dienone is 3. The zero-order chi connectivity index (χ0) is 22.9. The summed E-state index contributed by atoms with van der Waals surface area (Å²) in [5.41, 5.74) is 1.60. The number of carbonyl (C=O) groups is 2. The van der Waals surface area contributed by atoms with Crippen molar-refractivity contribution in [2.75, 3.05) is 6.61 Å². The van der Waals surface area contributed by atoms with Crippen LogP contribution in [0.2, 0.25) is 0 Å². The Labute approximate surface area is 179 Å². The molecule has 1 aliphatic carbocycles. The predicted octanol–water partition coefficient (Wildman–Crippen LogP) is 3.62. The first kappa shape index (κ1) is 22.3. The molecule has 0 radical (unpaired) electrons. The first-order valence-electron chi connectivity index (χ1n) is 10.2. The largest absolute Gasteiger partial charge is 0.500 e. The fourth-order valence-electron chi connectivity index (χ4n) is 4.05. The number of phenols is 1. The third-order valence-corrected chi connectivity index (χ3v) is 5.25. The van der Waals surface area contributed by atoms with E-state index in [1.54, 1.807) is 27.7 Å². The van der Waals surface area contributed by atoms with Gasteiger partial charge in [-0.2, -0.15) is 0 Å². The maximum absolute atomic E-state index is 13.0. The average Bonchev–Trinajstić information content (AvgIpc) is 2.68. The second kappa shape index (κ2) is 8.79. The highest BCUT2D eigenvalue weighted by Gasteiger charge is 2.40. The van der Waals surface area contributed by atoms with Crippen LogP contribution in [0, 0.1) is 10.1 Å². The number of aromatic hydroxyl groups is 1. The summed E-state index contributed by atoms with van der Waals surface area (Å²) in [7, 11) is 0. The first-order valence-corrected chi connectivity index (χ1v) is 10.2. The fraction of sp³-hybridized carbons (Fsp3) is 0.455. The van der Waals surface area contributed by atoms with Crippen molar-refractivity contribution in [3.05, 3.63) is 50.4 Å². The molecule has 2 N–H and O–H groups in total. The van der Waals surface area contributed by atoms with E-state index < -0.39 is 28.2 Å². The molecule has 166 valence electrons. The van der Waals surface area contributed by atoms with E-state index in [2.05, 4.69) is 5.32 Å². The van der Waals surface area contributed by atoms with Crippen molar-refractivity contribution in [2.24, 2.45) is 0 Å². The number of hydrogen-bond acceptors (Lipinski definition) is 8. The van der Waals surface area contributed by atoms with Gasteiger partial charge in [-0.05, 0) is 52.2 Å². The maximum Gasteiger partial charge on any atom is 0.337 e. The number of carbonyl (C=O) groups excluding carboxylic acids is 2. The number of ketones is 1. The lowest BCUT2D eigenvalue weighted by Crippen LogP contribution is -2.35. The van der Waals surface area contributed by atoms with E-state index in [1.807, 2.05) is 0 Å². The summed E-state index contributed by atoms with van der Waals surface area (Å²) in [6, 6.07) is 2.64. The second-order valence-corrected chi connectivity index (χ2v) is 7.80. The van der Waals surface area contributed by atoms with Crippen LogP contribution in [-0.4, -0.2) is 34.5 Å². The molecule has 0 aromatic heterocycles. The van der Waals surface area contributed by atoms with Gasteiger partial charge in [-0.15, -0.1) is 0 Å². The Morgan fingerprint density at radius 1 is 1.35 bits per heavy atom. The van der Waals surface area contributed by atoms with Crippen molar-refractivity contribution in [1.29, 1.82) is 0 Å². The van der Waals surface area contributed by atoms with Crippen LogP contribution in [0.3, 0.4) is 0 Å². The second-order valence-electron chi connectivity index (χ2n) is 7.80. The van der Waals surface area contributed by atoms with Crippen LogP contribution in [0.5, 0.6) is 11.5 Å². The number of nitro benzene ring substituents is 1. The number of nitrogens with one attached hydrogen (secondary N) is 1. The van der Waals surface area contributed by atoms with Gasteiger partial charge in [0, 0.05) is 35.4 Å². The van der Waals surface area contributed by atoms with Gasteiger partial charge in [-0.3, -0.25) is 14.9 Å². The highest BCUT2D eigenvalue weighted by Crippen LogP contribution is 2.47. The van der Waals surface area contributed by atoms with Crippen LogP contribution < -0.4 is 10.1 Å². The monoisotopic (exact) mass is 430 g/mol. The summed E-state index contributed by atoms with van der Waals surface area (Å²) in [5, 5.41) is 25.0. The molecule has 0 bridgehead atoms. The number of esters is 1. The summed E-state index contributed by atoms with van der Waals surface area (Å²) in [5.74, 6) is -2.28. The van der Waals surface area contributed by atoms with E-state index in [1.165, 1.54) is 12.1 Å². The molecule has 1 aliphatic heterocycles. The minimum Gasteiger partial charge on any atom is -0.500 e. The van der Waals surface area contributed by atoms with E-state index in [-0.39, 0.29) is 29.8 Å². The highest BCUT2D eigenvalue weighted by atomic mass is 16.6. The molecule has 0 spiro atoms. The molecular formula is C22H26N2O7. The molecule has 9 nitrogen and oxygen atoms in total. The van der Waals surface area contributed by atoms with Crippen molar-refractivity contribution in [2.45, 2.75) is 59.0 Å². The summed E-state index contributed by atoms with van der Waals surface area (Å²) >= 11 is 0. The van der Waals surface area contributed by atoms with Gasteiger partial charge in [0.15, 0.2) is 11.5 Å². The van der Waals surface area contributed by atoms with Gasteiger partial charge in [0.05, 0.1) is 23.2 Å². The zero-order valence-electron chi connectivity index (χ0n) is 18.0. The summed E-state index contributed by atoms with van der Waals surface area (Å²) in [4.78, 5) is 36.8. The Morgan fingerprint density at radius 3 is 2.68 bits per heavy atom. The molecule has 1 aromatic rings. The molecule has 0 unspecified atom stereocenters. The van der Waals surface area contributed by atoms with Gasteiger partial charge in [0.1, 0.15) is 0 Å². The average molecular weight is 430 g/mol. The lowest BCUT2D eigenvalue weighted by molar-refractivity contribution is -0.386. The van der Waals surface area contributed by atoms with Gasteiger partial charge in [-0.1, -0.05) is 0 Å². The van der Waals surface area contributed by atoms with Crippen LogP contribution >= 0.6 is 0 Å². The molecule has 1 atom stereocenters. The number of rotatable bonds is 6. The quantitative estimate of drug-likeness (QED) is 0.398. The topological polar surface area (TPSA) is 128 Å². The number of Topliss-reactive ketones (excluding diaryl/α,β-unsaturated/α-hetero) is 1. The number of hydrogen-bond donors (Lipinski definition) is 2. The Bertz CT molecular complexity index is 1010. The number of ether oxygens (including phenoxy) is 2. The van der Waals surface area contributed by atoms with Crippen molar-refractivity contribution in [1.82, 2.24) is 5.32 Å². The highest BCUT2D eigenvalue weighted by molar-refractivity contribution is 6.03. The molecule has 1 heterocycles. The standard InChI is InChI=1S/C22H26N2O7/c1-5-30-17-10-13(9-15(21(17)26)24(28)29)19-18(22(27)31-11(2)3)12(4)23-14-7-6-8-16(25)20(14)19/h9-11,19,23,26H,5-8H2,1-4H3/t19-/m1/s1. The number of nitro groups is 1. The smallest absolute Gasteiger partial charge is 0.337 e. The molecular weight excluding hydrogens is 404 g/mol. The van der Waals surface area contributed by atoms with Crippen LogP contribution in [0.1, 0.15) is 58.4 Å². The number of phenolic OH excluding ortho intramolecular Hbond substituents is 1. The lowest BCUT2D eigenvalue weighted by atomic mass is 9.75. The van der Waals surface area contributed by atoms with Gasteiger partial charge in [0.25, 0.3) is 0 Å². The Hall–Kier alpha value is -3.36. The molecule has 31 heavy (non-hydrogen) atoms. The Morgan fingerprint density at radius 2 is 2.06 bits per heavy atom. The van der Waals surface area contributed by atoms with Gasteiger partial charge in [0.2, 0.25) is 5.75 Å². The molecule has 3 rings (SSSR count). The molecule has 0 saturated heterocycles. The predicted molar refractivity (Wildman–Crippen MR) is 112 cm³/mol. The van der Waals surface area contributed by atoms with Gasteiger partial charge in [-0.25, -0.2) is 4.79 Å². The van der Waals surface area contributed by atoms with E-state index >= 15 is 0 Å². The minimum absolute atomic E-state index is 0.0788. The summed E-state index contributed by atoms with van der Waals surface area (Å²) < 4.78 is 10.8. The number of dihydropyridines is 1. The third-order valence-electron chi connectivity index (χ3n) is 5.25. The molecule has 1 aromatic carbocycles. The van der Waals surface area contributed by atoms with Gasteiger partial charge >= 0.3 is 11.7 Å². The molecule has 0 saturated carbocycles. The third kappa shape index (κ3) is 4.26. The molecule has 0 fully saturated rings. The lowest BCUT2D eigenvalue weighted by Gasteiger charge is -2.34. The summed E-state index contributed by atoms with van der Waals surface area (Å²) in [6.07, 6.45) is 1.23. The summed E-state index contributed by atoms with van der Waals surface area (Å²) in [6.45, 7) is 7.00. The van der Waals surface area contributed by atoms with Crippen LogP contribution in [0.15, 0.2) is 34.7 Å². The van der Waals surface area contributed by atoms with Crippen LogP contribution in [-0.2, 0) is 14.3 Å². The van der Waals surface area contributed by atoms with Crippen LogP contribution in [0.4, 0.5) is 5.69 Å².